The highest BCUT2D eigenvalue weighted by Gasteiger charge is 2.35. The zero-order valence-electron chi connectivity index (χ0n) is 9.01. The SMILES string of the molecule is CC(O)(C(=O)O)c1cc2ccccc2oc1=O. The molecule has 0 radical (unpaired) electrons. The molecule has 1 heterocycles. The molecule has 0 bridgehead atoms. The summed E-state index contributed by atoms with van der Waals surface area (Å²) in [4.78, 5) is 22.5. The summed E-state index contributed by atoms with van der Waals surface area (Å²) in [5.74, 6) is -1.50. The topological polar surface area (TPSA) is 87.7 Å². The minimum absolute atomic E-state index is 0.288. The molecule has 1 atom stereocenters. The first-order chi connectivity index (χ1) is 7.93. The Labute approximate surface area is 95.9 Å². The van der Waals surface area contributed by atoms with Crippen LogP contribution in [0.2, 0.25) is 0 Å². The van der Waals surface area contributed by atoms with E-state index < -0.39 is 17.2 Å². The standard InChI is InChI=1S/C12H10O5/c1-12(16,11(14)15)8-6-7-4-2-3-5-9(7)17-10(8)13/h2-6,16H,1H3,(H,14,15). The molecule has 1 aromatic carbocycles. The predicted octanol–water partition coefficient (Wildman–Crippen LogP) is 1.09. The second kappa shape index (κ2) is 3.71. The monoisotopic (exact) mass is 234 g/mol. The number of carboxylic acid groups (broad SMARTS) is 1. The van der Waals surface area contributed by atoms with Gasteiger partial charge in [0.1, 0.15) is 5.58 Å². The number of aliphatic carboxylic acids is 1. The molecule has 0 aliphatic rings. The molecule has 2 N–H and O–H groups in total. The summed E-state index contributed by atoms with van der Waals surface area (Å²) in [7, 11) is 0. The maximum atomic E-state index is 11.6. The van der Waals surface area contributed by atoms with Crippen LogP contribution >= 0.6 is 0 Å². The largest absolute Gasteiger partial charge is 0.479 e. The highest BCUT2D eigenvalue weighted by Crippen LogP contribution is 2.21. The van der Waals surface area contributed by atoms with Crippen LogP contribution in [-0.2, 0) is 10.4 Å². The molecule has 0 saturated carbocycles. The van der Waals surface area contributed by atoms with Crippen molar-refractivity contribution in [2.45, 2.75) is 12.5 Å². The van der Waals surface area contributed by atoms with Gasteiger partial charge in [-0.15, -0.1) is 0 Å². The summed E-state index contributed by atoms with van der Waals surface area (Å²) in [5.41, 5.74) is -3.05. The molecule has 1 aromatic heterocycles. The second-order valence-corrected chi connectivity index (χ2v) is 3.86. The van der Waals surface area contributed by atoms with Gasteiger partial charge in [0.05, 0.1) is 5.56 Å². The van der Waals surface area contributed by atoms with E-state index in [-0.39, 0.29) is 5.56 Å². The van der Waals surface area contributed by atoms with Crippen LogP contribution < -0.4 is 5.63 Å². The van der Waals surface area contributed by atoms with E-state index >= 15 is 0 Å². The van der Waals surface area contributed by atoms with Gasteiger partial charge < -0.3 is 14.6 Å². The van der Waals surface area contributed by atoms with E-state index in [4.69, 9.17) is 9.52 Å². The van der Waals surface area contributed by atoms with E-state index in [1.54, 1.807) is 24.3 Å². The summed E-state index contributed by atoms with van der Waals surface area (Å²) in [6.45, 7) is 1.04. The van der Waals surface area contributed by atoms with E-state index in [1.165, 1.54) is 6.07 Å². The van der Waals surface area contributed by atoms with Crippen molar-refractivity contribution in [2.24, 2.45) is 0 Å². The fourth-order valence-corrected chi connectivity index (χ4v) is 1.52. The zero-order chi connectivity index (χ0) is 12.6. The number of aliphatic hydroxyl groups is 1. The van der Waals surface area contributed by atoms with E-state index in [1.807, 2.05) is 0 Å². The van der Waals surface area contributed by atoms with Crippen LogP contribution in [0.15, 0.2) is 39.5 Å². The second-order valence-electron chi connectivity index (χ2n) is 3.86. The van der Waals surface area contributed by atoms with E-state index in [9.17, 15) is 14.7 Å². The van der Waals surface area contributed by atoms with Gasteiger partial charge in [-0.2, -0.15) is 0 Å². The van der Waals surface area contributed by atoms with E-state index in [0.717, 1.165) is 6.92 Å². The zero-order valence-corrected chi connectivity index (χ0v) is 9.01. The van der Waals surface area contributed by atoms with Gasteiger partial charge >= 0.3 is 11.6 Å². The van der Waals surface area contributed by atoms with Crippen molar-refractivity contribution in [2.75, 3.05) is 0 Å². The van der Waals surface area contributed by atoms with Crippen molar-refractivity contribution in [1.82, 2.24) is 0 Å². The molecular formula is C12H10O5. The Hall–Kier alpha value is -2.14. The number of fused-ring (bicyclic) bond motifs is 1. The molecule has 5 nitrogen and oxygen atoms in total. The Kier molecular flexibility index (Phi) is 2.48. The highest BCUT2D eigenvalue weighted by atomic mass is 16.4. The number of para-hydroxylation sites is 1. The Morgan fingerprint density at radius 1 is 1.35 bits per heavy atom. The third kappa shape index (κ3) is 1.81. The first-order valence-corrected chi connectivity index (χ1v) is 4.92. The number of hydrogen-bond donors (Lipinski definition) is 2. The average molecular weight is 234 g/mol. The lowest BCUT2D eigenvalue weighted by Crippen LogP contribution is -2.36. The molecule has 0 amide bonds. The quantitative estimate of drug-likeness (QED) is 0.759. The van der Waals surface area contributed by atoms with Gasteiger partial charge in [-0.3, -0.25) is 0 Å². The molecule has 0 aliphatic heterocycles. The van der Waals surface area contributed by atoms with Crippen LogP contribution in [0, 0.1) is 0 Å². The van der Waals surface area contributed by atoms with Crippen molar-refractivity contribution >= 4 is 16.9 Å². The van der Waals surface area contributed by atoms with Crippen molar-refractivity contribution in [1.29, 1.82) is 0 Å². The van der Waals surface area contributed by atoms with Crippen LogP contribution in [0.3, 0.4) is 0 Å². The fraction of sp³-hybridized carbons (Fsp3) is 0.167. The maximum absolute atomic E-state index is 11.6. The molecule has 0 spiro atoms. The average Bonchev–Trinajstić information content (AvgIpc) is 2.27. The van der Waals surface area contributed by atoms with E-state index in [0.29, 0.717) is 11.0 Å². The van der Waals surface area contributed by atoms with Crippen LogP contribution in [0.25, 0.3) is 11.0 Å². The maximum Gasteiger partial charge on any atom is 0.343 e. The van der Waals surface area contributed by atoms with Gasteiger partial charge in [-0.1, -0.05) is 18.2 Å². The summed E-state index contributed by atoms with van der Waals surface area (Å²) in [6.07, 6.45) is 0. The number of rotatable bonds is 2. The van der Waals surface area contributed by atoms with Gasteiger partial charge in [0.25, 0.3) is 0 Å². The van der Waals surface area contributed by atoms with Crippen LogP contribution in [0.1, 0.15) is 12.5 Å². The number of hydrogen-bond acceptors (Lipinski definition) is 4. The van der Waals surface area contributed by atoms with Crippen LogP contribution in [0.4, 0.5) is 0 Å². The third-order valence-corrected chi connectivity index (χ3v) is 2.58. The molecule has 0 saturated heterocycles. The van der Waals surface area contributed by atoms with Crippen molar-refractivity contribution in [3.8, 4) is 0 Å². The normalized spacial score (nSPS) is 14.5. The highest BCUT2D eigenvalue weighted by molar-refractivity contribution is 5.82. The van der Waals surface area contributed by atoms with Gasteiger partial charge in [-0.25, -0.2) is 9.59 Å². The Bertz CT molecular complexity index is 639. The molecule has 1 unspecified atom stereocenters. The number of benzene rings is 1. The minimum Gasteiger partial charge on any atom is -0.479 e. The smallest absolute Gasteiger partial charge is 0.343 e. The van der Waals surface area contributed by atoms with Gasteiger partial charge in [0, 0.05) is 5.39 Å². The lowest BCUT2D eigenvalue weighted by molar-refractivity contribution is -0.157. The lowest BCUT2D eigenvalue weighted by Gasteiger charge is -2.16. The third-order valence-electron chi connectivity index (χ3n) is 2.58. The minimum atomic E-state index is -2.26. The predicted molar refractivity (Wildman–Crippen MR) is 59.7 cm³/mol. The van der Waals surface area contributed by atoms with Crippen molar-refractivity contribution in [3.05, 3.63) is 46.3 Å². The van der Waals surface area contributed by atoms with Crippen LogP contribution in [-0.4, -0.2) is 16.2 Å². The number of carboxylic acids is 1. The lowest BCUT2D eigenvalue weighted by atomic mass is 9.97. The Balaban J connectivity index is 2.75. The molecule has 17 heavy (non-hydrogen) atoms. The molecule has 0 fully saturated rings. The molecule has 5 heteroatoms. The molecule has 88 valence electrons. The summed E-state index contributed by atoms with van der Waals surface area (Å²) >= 11 is 0. The van der Waals surface area contributed by atoms with E-state index in [2.05, 4.69) is 0 Å². The van der Waals surface area contributed by atoms with Gasteiger partial charge in [0.2, 0.25) is 0 Å². The fourth-order valence-electron chi connectivity index (χ4n) is 1.52. The summed E-state index contributed by atoms with van der Waals surface area (Å²) in [5, 5.41) is 19.2. The summed E-state index contributed by atoms with van der Waals surface area (Å²) < 4.78 is 4.95. The Morgan fingerprint density at radius 3 is 2.65 bits per heavy atom. The summed E-state index contributed by atoms with van der Waals surface area (Å²) in [6, 6.07) is 8.01. The number of carbonyl (C=O) groups is 1. The molecule has 0 aliphatic carbocycles. The molecule has 2 aromatic rings. The van der Waals surface area contributed by atoms with Crippen LogP contribution in [0.5, 0.6) is 0 Å². The molecular weight excluding hydrogens is 224 g/mol. The van der Waals surface area contributed by atoms with Crippen molar-refractivity contribution in [3.63, 3.8) is 0 Å². The Morgan fingerprint density at radius 2 is 2.00 bits per heavy atom. The van der Waals surface area contributed by atoms with Gasteiger partial charge in [-0.05, 0) is 19.1 Å². The molecule has 2 rings (SSSR count). The first-order valence-electron chi connectivity index (χ1n) is 4.92. The van der Waals surface area contributed by atoms with Gasteiger partial charge in [0.15, 0.2) is 5.60 Å². The first kappa shape index (κ1) is 11.3. The van der Waals surface area contributed by atoms with Crippen molar-refractivity contribution < 1.29 is 19.4 Å².